The molecule has 3 rings (SSSR count). The summed E-state index contributed by atoms with van der Waals surface area (Å²) >= 11 is 5.78. The highest BCUT2D eigenvalue weighted by Crippen LogP contribution is 2.33. The Kier molecular flexibility index (Phi) is 6.40. The van der Waals surface area contributed by atoms with Gasteiger partial charge in [0.25, 0.3) is 5.91 Å². The Bertz CT molecular complexity index is 953. The molecule has 1 aliphatic rings. The number of nitrogens with one attached hydrogen (secondary N) is 2. The second-order valence-corrected chi connectivity index (χ2v) is 7.13. The molecule has 2 aromatic heterocycles. The molecule has 0 spiro atoms. The van der Waals surface area contributed by atoms with Crippen molar-refractivity contribution in [3.05, 3.63) is 40.8 Å². The molecule has 12 heteroatoms. The lowest BCUT2D eigenvalue weighted by Crippen LogP contribution is -2.37. The second-order valence-electron chi connectivity index (χ2n) is 6.72. The molecule has 0 unspecified atom stereocenters. The van der Waals surface area contributed by atoms with Gasteiger partial charge in [-0.3, -0.25) is 14.9 Å². The van der Waals surface area contributed by atoms with Gasteiger partial charge in [-0.2, -0.15) is 13.2 Å². The zero-order valence-electron chi connectivity index (χ0n) is 15.7. The summed E-state index contributed by atoms with van der Waals surface area (Å²) in [6, 6.07) is 1.55. The van der Waals surface area contributed by atoms with Crippen LogP contribution in [0.5, 0.6) is 5.88 Å². The monoisotopic (exact) mass is 443 g/mol. The summed E-state index contributed by atoms with van der Waals surface area (Å²) < 4.78 is 43.2. The molecule has 2 aromatic rings. The van der Waals surface area contributed by atoms with Crippen molar-refractivity contribution in [3.8, 4) is 5.88 Å². The highest BCUT2D eigenvalue weighted by Gasteiger charge is 2.32. The molecular weight excluding hydrogens is 427 g/mol. The van der Waals surface area contributed by atoms with Gasteiger partial charge >= 0.3 is 6.18 Å². The fraction of sp³-hybridized carbons (Fsp3) is 0.389. The molecule has 0 radical (unpaired) electrons. The van der Waals surface area contributed by atoms with Crippen LogP contribution in [0, 0.1) is 5.92 Å². The van der Waals surface area contributed by atoms with Crippen LogP contribution in [0.3, 0.4) is 0 Å². The normalized spacial score (nSPS) is 14.7. The van der Waals surface area contributed by atoms with Gasteiger partial charge in [-0.15, -0.1) is 0 Å². The predicted molar refractivity (Wildman–Crippen MR) is 100 cm³/mol. The molecule has 160 valence electrons. The van der Waals surface area contributed by atoms with Crippen LogP contribution in [-0.2, 0) is 11.0 Å². The van der Waals surface area contributed by atoms with Crippen molar-refractivity contribution in [3.63, 3.8) is 0 Å². The molecule has 1 aliphatic carbocycles. The van der Waals surface area contributed by atoms with Crippen molar-refractivity contribution in [2.24, 2.45) is 5.92 Å². The van der Waals surface area contributed by atoms with Crippen molar-refractivity contribution in [1.29, 1.82) is 0 Å². The van der Waals surface area contributed by atoms with Gasteiger partial charge in [0.1, 0.15) is 17.3 Å². The van der Waals surface area contributed by atoms with Gasteiger partial charge in [-0.1, -0.05) is 11.6 Å². The smallest absolute Gasteiger partial charge is 0.417 e. The average Bonchev–Trinajstić information content (AvgIpc) is 3.52. The Labute approximate surface area is 174 Å². The summed E-state index contributed by atoms with van der Waals surface area (Å²) in [6.07, 6.45) is -0.964. The minimum Gasteiger partial charge on any atom is -0.474 e. The van der Waals surface area contributed by atoms with Gasteiger partial charge < -0.3 is 10.1 Å². The minimum atomic E-state index is -4.56. The molecule has 2 N–H and O–H groups in total. The number of aromatic nitrogens is 3. The van der Waals surface area contributed by atoms with E-state index in [1.807, 2.05) is 0 Å². The lowest BCUT2D eigenvalue weighted by molar-refractivity contribution is -0.137. The summed E-state index contributed by atoms with van der Waals surface area (Å²) in [7, 11) is 0. The van der Waals surface area contributed by atoms with Gasteiger partial charge in [0.15, 0.2) is 0 Å². The third-order valence-electron chi connectivity index (χ3n) is 4.05. The first kappa shape index (κ1) is 21.8. The van der Waals surface area contributed by atoms with E-state index >= 15 is 0 Å². The molecule has 0 bridgehead atoms. The van der Waals surface area contributed by atoms with Gasteiger partial charge in [0.2, 0.25) is 17.7 Å². The predicted octanol–water partition coefficient (Wildman–Crippen LogP) is 3.09. The molecular formula is C18H17ClF3N5O3. The Morgan fingerprint density at radius 3 is 2.70 bits per heavy atom. The van der Waals surface area contributed by atoms with Crippen LogP contribution in [0.1, 0.15) is 35.8 Å². The first-order valence-electron chi connectivity index (χ1n) is 8.94. The lowest BCUT2D eigenvalue weighted by atomic mass is 10.3. The number of carbonyl (C=O) groups is 2. The number of hydrogen-bond acceptors (Lipinski definition) is 6. The summed E-state index contributed by atoms with van der Waals surface area (Å²) in [5.41, 5.74) is -0.955. The first-order chi connectivity index (χ1) is 14.1. The Balaban J connectivity index is 1.54. The molecule has 0 saturated heterocycles. The highest BCUT2D eigenvalue weighted by molar-refractivity contribution is 6.31. The quantitative estimate of drug-likeness (QED) is 0.681. The van der Waals surface area contributed by atoms with Crippen LogP contribution in [0.4, 0.5) is 19.1 Å². The van der Waals surface area contributed by atoms with Gasteiger partial charge in [-0.25, -0.2) is 15.0 Å². The molecule has 0 aromatic carbocycles. The maximum Gasteiger partial charge on any atom is 0.417 e. The third-order valence-corrected chi connectivity index (χ3v) is 4.32. The van der Waals surface area contributed by atoms with Crippen LogP contribution in [-0.4, -0.2) is 39.4 Å². The molecule has 2 heterocycles. The van der Waals surface area contributed by atoms with Crippen molar-refractivity contribution in [2.75, 3.05) is 11.9 Å². The number of alkyl halides is 3. The Morgan fingerprint density at radius 2 is 2.07 bits per heavy atom. The Morgan fingerprint density at radius 1 is 1.33 bits per heavy atom. The van der Waals surface area contributed by atoms with E-state index in [0.717, 1.165) is 12.8 Å². The van der Waals surface area contributed by atoms with E-state index in [1.165, 1.54) is 12.3 Å². The van der Waals surface area contributed by atoms with Gasteiger partial charge in [-0.05, 0) is 31.9 Å². The molecule has 0 aliphatic heterocycles. The molecule has 2 amide bonds. The largest absolute Gasteiger partial charge is 0.474 e. The number of ether oxygens (including phenoxy) is 1. The fourth-order valence-electron chi connectivity index (χ4n) is 2.33. The summed E-state index contributed by atoms with van der Waals surface area (Å²) in [5, 5.41) is 4.87. The number of carbonyl (C=O) groups excluding carboxylic acids is 2. The number of anilines is 1. The number of halogens is 4. The molecule has 8 nitrogen and oxygen atoms in total. The molecule has 1 saturated carbocycles. The van der Waals surface area contributed by atoms with E-state index in [2.05, 4.69) is 25.6 Å². The summed E-state index contributed by atoms with van der Waals surface area (Å²) in [6.45, 7) is 1.52. The van der Waals surface area contributed by atoms with E-state index in [9.17, 15) is 22.8 Å². The van der Waals surface area contributed by atoms with Crippen LogP contribution >= 0.6 is 11.6 Å². The minimum absolute atomic E-state index is 0.0317. The topological polar surface area (TPSA) is 106 Å². The zero-order chi connectivity index (χ0) is 21.9. The number of nitrogens with zero attached hydrogens (tertiary/aromatic N) is 3. The number of rotatable bonds is 7. The second kappa shape index (κ2) is 8.82. The summed E-state index contributed by atoms with van der Waals surface area (Å²) in [5.74, 6) is -0.909. The van der Waals surface area contributed by atoms with Crippen molar-refractivity contribution < 1.29 is 27.5 Å². The molecule has 30 heavy (non-hydrogen) atoms. The SMILES string of the molecule is C[C@H](COc1ncc(C(F)(F)F)cc1Cl)NC(=O)c1ccnc(NC(=O)C2CC2)n1. The van der Waals surface area contributed by atoms with E-state index in [1.54, 1.807) is 6.92 Å². The number of hydrogen-bond donors (Lipinski definition) is 2. The van der Waals surface area contributed by atoms with E-state index in [0.29, 0.717) is 12.3 Å². The van der Waals surface area contributed by atoms with Gasteiger partial charge in [0.05, 0.1) is 11.6 Å². The first-order valence-corrected chi connectivity index (χ1v) is 9.31. The number of amides is 2. The summed E-state index contributed by atoms with van der Waals surface area (Å²) in [4.78, 5) is 35.6. The lowest BCUT2D eigenvalue weighted by Gasteiger charge is -2.15. The van der Waals surface area contributed by atoms with Gasteiger partial charge in [0, 0.05) is 18.3 Å². The van der Waals surface area contributed by atoms with E-state index < -0.39 is 23.7 Å². The zero-order valence-corrected chi connectivity index (χ0v) is 16.4. The van der Waals surface area contributed by atoms with E-state index in [4.69, 9.17) is 16.3 Å². The average molecular weight is 444 g/mol. The maximum atomic E-state index is 12.6. The highest BCUT2D eigenvalue weighted by atomic mass is 35.5. The molecule has 1 atom stereocenters. The number of pyridine rings is 1. The van der Waals surface area contributed by atoms with Crippen LogP contribution in [0.2, 0.25) is 5.02 Å². The van der Waals surface area contributed by atoms with Crippen molar-refractivity contribution in [1.82, 2.24) is 20.3 Å². The van der Waals surface area contributed by atoms with Crippen LogP contribution in [0.25, 0.3) is 0 Å². The fourth-order valence-corrected chi connectivity index (χ4v) is 2.55. The van der Waals surface area contributed by atoms with Crippen molar-refractivity contribution >= 4 is 29.4 Å². The van der Waals surface area contributed by atoms with Crippen LogP contribution in [0.15, 0.2) is 24.5 Å². The van der Waals surface area contributed by atoms with Crippen LogP contribution < -0.4 is 15.4 Å². The Hall–Kier alpha value is -2.95. The van der Waals surface area contributed by atoms with E-state index in [-0.39, 0.29) is 41.0 Å². The molecule has 1 fully saturated rings. The standard InChI is InChI=1S/C18H17ClF3N5O3/c1-9(8-30-16-12(19)6-11(7-24-16)18(20,21)22)25-15(29)13-4-5-23-17(26-13)27-14(28)10-2-3-10/h4-7,9-10H,2-3,8H2,1H3,(H,25,29)(H,23,26,27,28)/t9-/m1/s1. The third kappa shape index (κ3) is 5.78. The maximum absolute atomic E-state index is 12.6. The van der Waals surface area contributed by atoms with Crippen molar-refractivity contribution in [2.45, 2.75) is 32.0 Å².